The minimum Gasteiger partial charge on any atom is -0.379 e. The lowest BCUT2D eigenvalue weighted by Crippen LogP contribution is -2.45. The molecule has 0 amide bonds. The van der Waals surface area contributed by atoms with Gasteiger partial charge in [0.25, 0.3) is 0 Å². The molecule has 0 aromatic carbocycles. The number of nitrogens with one attached hydrogen (secondary N) is 1. The van der Waals surface area contributed by atoms with Crippen molar-refractivity contribution in [3.63, 3.8) is 0 Å². The van der Waals surface area contributed by atoms with Crippen molar-refractivity contribution in [3.8, 4) is 0 Å². The number of hydrogen-bond donors (Lipinski definition) is 1. The summed E-state index contributed by atoms with van der Waals surface area (Å²) in [7, 11) is 0. The van der Waals surface area contributed by atoms with Crippen molar-refractivity contribution >= 4 is 0 Å². The molecule has 0 aliphatic carbocycles. The van der Waals surface area contributed by atoms with Crippen molar-refractivity contribution < 1.29 is 14.2 Å². The molecule has 0 aromatic rings. The highest BCUT2D eigenvalue weighted by Gasteiger charge is 2.18. The molecule has 16 heavy (non-hydrogen) atoms. The number of morpholine rings is 1. The molecule has 0 bridgehead atoms. The van der Waals surface area contributed by atoms with Crippen LogP contribution in [0.15, 0.2) is 0 Å². The standard InChI is InChI=1S/C12H25NO3/c1-3-4-5-14-6-7-15-10-12-9-13-8-11(2)16-12/h11-13H,3-10H2,1-2H3. The van der Waals surface area contributed by atoms with Crippen LogP contribution in [0.2, 0.25) is 0 Å². The fourth-order valence-corrected chi connectivity index (χ4v) is 1.65. The fraction of sp³-hybridized carbons (Fsp3) is 1.00. The van der Waals surface area contributed by atoms with E-state index in [1.54, 1.807) is 0 Å². The first kappa shape index (κ1) is 13.9. The summed E-state index contributed by atoms with van der Waals surface area (Å²) in [5.74, 6) is 0. The zero-order valence-electron chi connectivity index (χ0n) is 10.5. The summed E-state index contributed by atoms with van der Waals surface area (Å²) in [6.45, 7) is 8.93. The predicted molar refractivity (Wildman–Crippen MR) is 63.8 cm³/mol. The van der Waals surface area contributed by atoms with Crippen LogP contribution in [0.1, 0.15) is 26.7 Å². The van der Waals surface area contributed by atoms with Gasteiger partial charge in [0.05, 0.1) is 32.0 Å². The third kappa shape index (κ3) is 6.43. The quantitative estimate of drug-likeness (QED) is 0.637. The Kier molecular flexibility index (Phi) is 7.76. The van der Waals surface area contributed by atoms with Gasteiger partial charge in [-0.05, 0) is 13.3 Å². The van der Waals surface area contributed by atoms with Crippen molar-refractivity contribution in [2.75, 3.05) is 39.5 Å². The topological polar surface area (TPSA) is 39.7 Å². The Morgan fingerprint density at radius 1 is 1.19 bits per heavy atom. The predicted octanol–water partition coefficient (Wildman–Crippen LogP) is 1.20. The van der Waals surface area contributed by atoms with Crippen LogP contribution in [0.5, 0.6) is 0 Å². The molecule has 4 nitrogen and oxygen atoms in total. The number of hydrogen-bond acceptors (Lipinski definition) is 4. The zero-order chi connectivity index (χ0) is 11.6. The van der Waals surface area contributed by atoms with Gasteiger partial charge in [0.15, 0.2) is 0 Å². The Morgan fingerprint density at radius 2 is 2.00 bits per heavy atom. The maximum Gasteiger partial charge on any atom is 0.0936 e. The van der Waals surface area contributed by atoms with Crippen molar-refractivity contribution in [2.24, 2.45) is 0 Å². The number of rotatable bonds is 8. The molecule has 1 saturated heterocycles. The van der Waals surface area contributed by atoms with Crippen LogP contribution in [0.25, 0.3) is 0 Å². The smallest absolute Gasteiger partial charge is 0.0936 e. The Bertz CT molecular complexity index is 166. The monoisotopic (exact) mass is 231 g/mol. The summed E-state index contributed by atoms with van der Waals surface area (Å²) in [4.78, 5) is 0. The molecule has 96 valence electrons. The van der Waals surface area contributed by atoms with E-state index in [9.17, 15) is 0 Å². The number of ether oxygens (including phenoxy) is 3. The van der Waals surface area contributed by atoms with E-state index in [2.05, 4.69) is 19.2 Å². The largest absolute Gasteiger partial charge is 0.379 e. The molecule has 0 radical (unpaired) electrons. The van der Waals surface area contributed by atoms with Gasteiger partial charge in [0, 0.05) is 19.7 Å². The second kappa shape index (κ2) is 8.93. The van der Waals surface area contributed by atoms with E-state index < -0.39 is 0 Å². The van der Waals surface area contributed by atoms with Gasteiger partial charge >= 0.3 is 0 Å². The lowest BCUT2D eigenvalue weighted by molar-refractivity contribution is -0.0747. The van der Waals surface area contributed by atoms with E-state index in [1.807, 2.05) is 0 Å². The van der Waals surface area contributed by atoms with Crippen LogP contribution in [-0.2, 0) is 14.2 Å². The molecule has 4 heteroatoms. The first-order chi connectivity index (χ1) is 7.83. The average molecular weight is 231 g/mol. The minimum atomic E-state index is 0.194. The lowest BCUT2D eigenvalue weighted by Gasteiger charge is -2.28. The van der Waals surface area contributed by atoms with E-state index in [-0.39, 0.29) is 6.10 Å². The van der Waals surface area contributed by atoms with E-state index in [0.29, 0.717) is 25.9 Å². The van der Waals surface area contributed by atoms with E-state index in [4.69, 9.17) is 14.2 Å². The van der Waals surface area contributed by atoms with Gasteiger partial charge in [-0.25, -0.2) is 0 Å². The fourth-order valence-electron chi connectivity index (χ4n) is 1.65. The molecule has 1 aliphatic heterocycles. The summed E-state index contributed by atoms with van der Waals surface area (Å²) in [6, 6.07) is 0. The van der Waals surface area contributed by atoms with E-state index >= 15 is 0 Å². The first-order valence-corrected chi connectivity index (χ1v) is 6.34. The summed E-state index contributed by atoms with van der Waals surface area (Å²) in [5.41, 5.74) is 0. The first-order valence-electron chi connectivity index (χ1n) is 6.34. The molecule has 2 atom stereocenters. The van der Waals surface area contributed by atoms with Gasteiger partial charge in [0.2, 0.25) is 0 Å². The van der Waals surface area contributed by atoms with Gasteiger partial charge < -0.3 is 19.5 Å². The number of unbranched alkanes of at least 4 members (excludes halogenated alkanes) is 1. The van der Waals surface area contributed by atoms with E-state index in [1.165, 1.54) is 6.42 Å². The molecule has 0 aromatic heterocycles. The third-order valence-electron chi connectivity index (χ3n) is 2.55. The van der Waals surface area contributed by atoms with Crippen LogP contribution in [-0.4, -0.2) is 51.7 Å². The summed E-state index contributed by atoms with van der Waals surface area (Å²) < 4.78 is 16.6. The summed E-state index contributed by atoms with van der Waals surface area (Å²) in [5, 5.41) is 3.32. The molecule has 1 aliphatic rings. The third-order valence-corrected chi connectivity index (χ3v) is 2.55. The van der Waals surface area contributed by atoms with E-state index in [0.717, 1.165) is 26.1 Å². The second-order valence-corrected chi connectivity index (χ2v) is 4.27. The molecule has 0 spiro atoms. The maximum atomic E-state index is 5.70. The van der Waals surface area contributed by atoms with Crippen molar-refractivity contribution in [1.29, 1.82) is 0 Å². The van der Waals surface area contributed by atoms with Crippen molar-refractivity contribution in [2.45, 2.75) is 38.9 Å². The Labute approximate surface area is 98.6 Å². The molecular formula is C12H25NO3. The highest BCUT2D eigenvalue weighted by Crippen LogP contribution is 2.03. The molecule has 0 saturated carbocycles. The normalized spacial score (nSPS) is 25.9. The van der Waals surface area contributed by atoms with Gasteiger partial charge in [-0.2, -0.15) is 0 Å². The minimum absolute atomic E-state index is 0.194. The molecule has 1 heterocycles. The lowest BCUT2D eigenvalue weighted by atomic mass is 10.2. The summed E-state index contributed by atoms with van der Waals surface area (Å²) >= 11 is 0. The maximum absolute atomic E-state index is 5.70. The molecular weight excluding hydrogens is 206 g/mol. The van der Waals surface area contributed by atoms with Crippen LogP contribution in [0.3, 0.4) is 0 Å². The Hall–Kier alpha value is -0.160. The van der Waals surface area contributed by atoms with Gasteiger partial charge in [-0.3, -0.25) is 0 Å². The highest BCUT2D eigenvalue weighted by molar-refractivity contribution is 4.71. The van der Waals surface area contributed by atoms with Crippen molar-refractivity contribution in [1.82, 2.24) is 5.32 Å². The molecule has 1 fully saturated rings. The Morgan fingerprint density at radius 3 is 2.75 bits per heavy atom. The van der Waals surface area contributed by atoms with Crippen LogP contribution in [0.4, 0.5) is 0 Å². The van der Waals surface area contributed by atoms with Gasteiger partial charge in [0.1, 0.15) is 0 Å². The Balaban J connectivity index is 1.86. The highest BCUT2D eigenvalue weighted by atomic mass is 16.6. The van der Waals surface area contributed by atoms with Gasteiger partial charge in [-0.1, -0.05) is 13.3 Å². The van der Waals surface area contributed by atoms with Crippen LogP contribution >= 0.6 is 0 Å². The van der Waals surface area contributed by atoms with Crippen LogP contribution < -0.4 is 5.32 Å². The zero-order valence-corrected chi connectivity index (χ0v) is 10.5. The van der Waals surface area contributed by atoms with Crippen molar-refractivity contribution in [3.05, 3.63) is 0 Å². The van der Waals surface area contributed by atoms with Crippen LogP contribution in [0, 0.1) is 0 Å². The molecule has 1 rings (SSSR count). The molecule has 2 unspecified atom stereocenters. The van der Waals surface area contributed by atoms with Gasteiger partial charge in [-0.15, -0.1) is 0 Å². The summed E-state index contributed by atoms with van der Waals surface area (Å²) in [6.07, 6.45) is 2.80. The SMILES string of the molecule is CCCCOCCOCC1CNCC(C)O1. The molecule has 1 N–H and O–H groups in total. The average Bonchev–Trinajstić information content (AvgIpc) is 2.28. The second-order valence-electron chi connectivity index (χ2n) is 4.27.